The SMILES string of the molecule is CN(C)C1(c2ccccc2)CCC2(CC1)CN(c1ccc3ncncc3c1)C(=O)N2. The molecule has 0 radical (unpaired) electrons. The highest BCUT2D eigenvalue weighted by Gasteiger charge is 2.50. The Labute approximate surface area is 176 Å². The molecule has 1 saturated carbocycles. The highest BCUT2D eigenvalue weighted by molar-refractivity contribution is 5.97. The summed E-state index contributed by atoms with van der Waals surface area (Å²) < 4.78 is 0. The Kier molecular flexibility index (Phi) is 4.47. The summed E-state index contributed by atoms with van der Waals surface area (Å²) in [5, 5.41) is 4.28. The molecule has 30 heavy (non-hydrogen) atoms. The van der Waals surface area contributed by atoms with Gasteiger partial charge in [-0.05, 0) is 63.5 Å². The van der Waals surface area contributed by atoms with Crippen LogP contribution in [0.5, 0.6) is 0 Å². The number of benzene rings is 2. The third-order valence-electron chi connectivity index (χ3n) is 7.08. The molecule has 1 aliphatic heterocycles. The molecule has 2 heterocycles. The fourth-order valence-corrected chi connectivity index (χ4v) is 5.22. The Morgan fingerprint density at radius 2 is 1.80 bits per heavy atom. The minimum atomic E-state index is -0.173. The largest absolute Gasteiger partial charge is 0.330 e. The van der Waals surface area contributed by atoms with Gasteiger partial charge in [0, 0.05) is 22.8 Å². The molecule has 0 atom stereocenters. The number of hydrogen-bond donors (Lipinski definition) is 1. The van der Waals surface area contributed by atoms with E-state index in [4.69, 9.17) is 0 Å². The lowest BCUT2D eigenvalue weighted by Gasteiger charge is -2.48. The first kappa shape index (κ1) is 19.0. The molecule has 2 fully saturated rings. The van der Waals surface area contributed by atoms with E-state index in [0.717, 1.165) is 42.3 Å². The van der Waals surface area contributed by atoms with E-state index in [0.29, 0.717) is 6.54 Å². The number of carbonyl (C=O) groups is 1. The maximum absolute atomic E-state index is 12.9. The third-order valence-corrected chi connectivity index (χ3v) is 7.08. The molecule has 154 valence electrons. The highest BCUT2D eigenvalue weighted by atomic mass is 16.2. The van der Waals surface area contributed by atoms with Gasteiger partial charge in [0.05, 0.1) is 17.6 Å². The van der Waals surface area contributed by atoms with E-state index >= 15 is 0 Å². The molecule has 6 nitrogen and oxygen atoms in total. The van der Waals surface area contributed by atoms with Crippen molar-refractivity contribution < 1.29 is 4.79 Å². The maximum Gasteiger partial charge on any atom is 0.322 e. The molecule has 1 spiro atoms. The fourth-order valence-electron chi connectivity index (χ4n) is 5.22. The van der Waals surface area contributed by atoms with Gasteiger partial charge in [0.2, 0.25) is 0 Å². The molecule has 2 amide bonds. The Morgan fingerprint density at radius 1 is 1.03 bits per heavy atom. The summed E-state index contributed by atoms with van der Waals surface area (Å²) in [5.74, 6) is 0. The number of rotatable bonds is 3. The van der Waals surface area contributed by atoms with Gasteiger partial charge in [0.15, 0.2) is 0 Å². The van der Waals surface area contributed by atoms with Gasteiger partial charge in [0.25, 0.3) is 0 Å². The molecule has 1 aromatic heterocycles. The van der Waals surface area contributed by atoms with Crippen molar-refractivity contribution in [2.45, 2.75) is 36.8 Å². The van der Waals surface area contributed by atoms with E-state index in [1.165, 1.54) is 5.56 Å². The van der Waals surface area contributed by atoms with Crippen molar-refractivity contribution in [3.05, 3.63) is 66.6 Å². The topological polar surface area (TPSA) is 61.4 Å². The molecular weight excluding hydrogens is 374 g/mol. The lowest BCUT2D eigenvalue weighted by Crippen LogP contribution is -2.54. The summed E-state index contributed by atoms with van der Waals surface area (Å²) in [6.07, 6.45) is 7.29. The molecule has 2 aliphatic rings. The van der Waals surface area contributed by atoms with E-state index in [9.17, 15) is 4.79 Å². The van der Waals surface area contributed by atoms with Crippen molar-refractivity contribution in [2.24, 2.45) is 0 Å². The summed E-state index contributed by atoms with van der Waals surface area (Å²) in [6, 6.07) is 16.7. The van der Waals surface area contributed by atoms with Gasteiger partial charge in [-0.1, -0.05) is 30.3 Å². The van der Waals surface area contributed by atoms with E-state index in [2.05, 4.69) is 64.6 Å². The zero-order valence-corrected chi connectivity index (χ0v) is 17.5. The average Bonchev–Trinajstić information content (AvgIpc) is 3.10. The van der Waals surface area contributed by atoms with Gasteiger partial charge in [-0.25, -0.2) is 14.8 Å². The molecule has 2 aromatic carbocycles. The predicted octanol–water partition coefficient (Wildman–Crippen LogP) is 3.93. The minimum Gasteiger partial charge on any atom is -0.330 e. The smallest absolute Gasteiger partial charge is 0.322 e. The van der Waals surface area contributed by atoms with Crippen LogP contribution in [0.1, 0.15) is 31.2 Å². The summed E-state index contributed by atoms with van der Waals surface area (Å²) in [4.78, 5) is 25.5. The van der Waals surface area contributed by atoms with Crippen molar-refractivity contribution in [1.29, 1.82) is 0 Å². The van der Waals surface area contributed by atoms with Crippen LogP contribution in [0.2, 0.25) is 0 Å². The summed E-state index contributed by atoms with van der Waals surface area (Å²) in [5.41, 5.74) is 3.00. The molecule has 0 unspecified atom stereocenters. The first-order valence-corrected chi connectivity index (χ1v) is 10.5. The van der Waals surface area contributed by atoms with Crippen LogP contribution in [0.15, 0.2) is 61.1 Å². The first-order chi connectivity index (χ1) is 14.5. The van der Waals surface area contributed by atoms with Crippen LogP contribution in [-0.2, 0) is 5.54 Å². The van der Waals surface area contributed by atoms with Crippen molar-refractivity contribution >= 4 is 22.6 Å². The number of amides is 2. The predicted molar refractivity (Wildman–Crippen MR) is 118 cm³/mol. The van der Waals surface area contributed by atoms with Gasteiger partial charge < -0.3 is 5.32 Å². The molecule has 1 aliphatic carbocycles. The number of aromatic nitrogens is 2. The minimum absolute atomic E-state index is 0.0109. The van der Waals surface area contributed by atoms with Crippen LogP contribution in [0.3, 0.4) is 0 Å². The third kappa shape index (κ3) is 3.03. The second-order valence-electron chi connectivity index (χ2n) is 8.85. The van der Waals surface area contributed by atoms with Crippen LogP contribution >= 0.6 is 0 Å². The van der Waals surface area contributed by atoms with Crippen molar-refractivity contribution in [2.75, 3.05) is 25.5 Å². The monoisotopic (exact) mass is 401 g/mol. The van der Waals surface area contributed by atoms with E-state index in [1.54, 1.807) is 12.5 Å². The summed E-state index contributed by atoms with van der Waals surface area (Å²) in [6.45, 7) is 0.698. The van der Waals surface area contributed by atoms with Gasteiger partial charge in [-0.15, -0.1) is 0 Å². The first-order valence-electron chi connectivity index (χ1n) is 10.5. The second kappa shape index (κ2) is 7.06. The Morgan fingerprint density at radius 3 is 2.53 bits per heavy atom. The van der Waals surface area contributed by atoms with E-state index in [1.807, 2.05) is 23.1 Å². The maximum atomic E-state index is 12.9. The van der Waals surface area contributed by atoms with Crippen molar-refractivity contribution in [3.8, 4) is 0 Å². The van der Waals surface area contributed by atoms with E-state index < -0.39 is 0 Å². The standard InChI is InChI=1S/C24H27N5O/c1-28(2)24(19-6-4-3-5-7-19)12-10-23(11-13-24)16-29(22(30)27-23)20-8-9-21-18(14-20)15-25-17-26-21/h3-9,14-15,17H,10-13,16H2,1-2H3,(H,27,30). The zero-order chi connectivity index (χ0) is 20.8. The number of carbonyl (C=O) groups excluding carboxylic acids is 1. The van der Waals surface area contributed by atoms with Gasteiger partial charge in [-0.2, -0.15) is 0 Å². The van der Waals surface area contributed by atoms with Gasteiger partial charge in [0.1, 0.15) is 6.33 Å². The lowest BCUT2D eigenvalue weighted by molar-refractivity contribution is 0.0658. The molecule has 1 N–H and O–H groups in total. The van der Waals surface area contributed by atoms with Crippen LogP contribution in [0.25, 0.3) is 10.9 Å². The normalized spacial score (nSPS) is 26.5. The van der Waals surface area contributed by atoms with Crippen LogP contribution in [0, 0.1) is 0 Å². The molecule has 0 bridgehead atoms. The van der Waals surface area contributed by atoms with Gasteiger partial charge in [-0.3, -0.25) is 9.80 Å². The number of urea groups is 1. The van der Waals surface area contributed by atoms with Crippen molar-refractivity contribution in [1.82, 2.24) is 20.2 Å². The quantitative estimate of drug-likeness (QED) is 0.722. The molecule has 3 aromatic rings. The summed E-state index contributed by atoms with van der Waals surface area (Å²) in [7, 11) is 4.34. The number of nitrogens with one attached hydrogen (secondary N) is 1. The second-order valence-corrected chi connectivity index (χ2v) is 8.85. The lowest BCUT2D eigenvalue weighted by atomic mass is 9.69. The Hall–Kier alpha value is -2.99. The number of anilines is 1. The van der Waals surface area contributed by atoms with Crippen molar-refractivity contribution in [3.63, 3.8) is 0 Å². The molecule has 6 heteroatoms. The molecule has 5 rings (SSSR count). The van der Waals surface area contributed by atoms with Crippen LogP contribution in [0.4, 0.5) is 10.5 Å². The number of hydrogen-bond acceptors (Lipinski definition) is 4. The van der Waals surface area contributed by atoms with Crippen LogP contribution < -0.4 is 10.2 Å². The Balaban J connectivity index is 1.39. The van der Waals surface area contributed by atoms with Gasteiger partial charge >= 0.3 is 6.03 Å². The highest BCUT2D eigenvalue weighted by Crippen LogP contribution is 2.46. The molecule has 1 saturated heterocycles. The molecular formula is C24H27N5O. The number of nitrogens with zero attached hydrogens (tertiary/aromatic N) is 4. The van der Waals surface area contributed by atoms with E-state index in [-0.39, 0.29) is 17.1 Å². The number of fused-ring (bicyclic) bond motifs is 1. The van der Waals surface area contributed by atoms with Crippen LogP contribution in [-0.4, -0.2) is 47.1 Å². The average molecular weight is 402 g/mol. The fraction of sp³-hybridized carbons (Fsp3) is 0.375. The zero-order valence-electron chi connectivity index (χ0n) is 17.5. The Bertz CT molecular complexity index is 1070. The summed E-state index contributed by atoms with van der Waals surface area (Å²) >= 11 is 0.